The Labute approximate surface area is 99.1 Å². The number of esters is 1. The van der Waals surface area contributed by atoms with Gasteiger partial charge in [-0.1, -0.05) is 6.07 Å². The normalized spacial score (nSPS) is 10.2. The number of hydrogen-bond donors (Lipinski definition) is 0. The van der Waals surface area contributed by atoms with Crippen molar-refractivity contribution in [2.75, 3.05) is 6.61 Å². The third-order valence-electron chi connectivity index (χ3n) is 2.18. The fourth-order valence-corrected chi connectivity index (χ4v) is 1.45. The number of imidazole rings is 1. The molecule has 0 aliphatic carbocycles. The van der Waals surface area contributed by atoms with Gasteiger partial charge in [0.1, 0.15) is 12.2 Å². The number of carbonyl (C=O) groups is 1. The lowest BCUT2D eigenvalue weighted by Gasteiger charge is -2.01. The number of aromatic nitrogens is 3. The molecule has 0 spiro atoms. The Kier molecular flexibility index (Phi) is 3.49. The number of pyridine rings is 1. The summed E-state index contributed by atoms with van der Waals surface area (Å²) < 4.78 is 6.54. The van der Waals surface area contributed by atoms with Crippen LogP contribution in [0.15, 0.2) is 36.9 Å². The van der Waals surface area contributed by atoms with Crippen molar-refractivity contribution in [2.45, 2.75) is 13.5 Å². The van der Waals surface area contributed by atoms with E-state index >= 15 is 0 Å². The molecule has 0 saturated heterocycles. The number of ether oxygens (including phenoxy) is 1. The van der Waals surface area contributed by atoms with E-state index in [9.17, 15) is 4.79 Å². The molecule has 2 aromatic heterocycles. The van der Waals surface area contributed by atoms with Crippen LogP contribution in [0.3, 0.4) is 0 Å². The number of carbonyl (C=O) groups excluding carboxylic acids is 1. The summed E-state index contributed by atoms with van der Waals surface area (Å²) in [7, 11) is 0. The second-order valence-corrected chi connectivity index (χ2v) is 3.45. The molecular formula is C12H13N3O2. The average Bonchev–Trinajstić information content (AvgIpc) is 2.79. The quantitative estimate of drug-likeness (QED) is 0.748. The third-order valence-corrected chi connectivity index (χ3v) is 2.18. The first-order valence-corrected chi connectivity index (χ1v) is 5.38. The summed E-state index contributed by atoms with van der Waals surface area (Å²) in [6, 6.07) is 5.61. The second kappa shape index (κ2) is 5.25. The van der Waals surface area contributed by atoms with E-state index in [0.29, 0.717) is 6.61 Å². The van der Waals surface area contributed by atoms with Gasteiger partial charge in [-0.25, -0.2) is 4.98 Å². The van der Waals surface area contributed by atoms with Crippen molar-refractivity contribution in [3.63, 3.8) is 0 Å². The van der Waals surface area contributed by atoms with Crippen molar-refractivity contribution in [3.8, 4) is 11.4 Å². The van der Waals surface area contributed by atoms with Gasteiger partial charge in [0.05, 0.1) is 18.6 Å². The van der Waals surface area contributed by atoms with Crippen LogP contribution in [0, 0.1) is 0 Å². The zero-order valence-electron chi connectivity index (χ0n) is 9.54. The first kappa shape index (κ1) is 11.3. The summed E-state index contributed by atoms with van der Waals surface area (Å²) in [6.07, 6.45) is 5.08. The van der Waals surface area contributed by atoms with Crippen LogP contribution in [0.2, 0.25) is 0 Å². The fraction of sp³-hybridized carbons (Fsp3) is 0.250. The van der Waals surface area contributed by atoms with Crippen LogP contribution in [0.4, 0.5) is 0 Å². The Morgan fingerprint density at radius 1 is 1.35 bits per heavy atom. The van der Waals surface area contributed by atoms with Gasteiger partial charge >= 0.3 is 5.97 Å². The lowest BCUT2D eigenvalue weighted by molar-refractivity contribution is -0.143. The Bertz CT molecular complexity index is 493. The fourth-order valence-electron chi connectivity index (χ4n) is 1.45. The molecule has 2 aromatic rings. The molecule has 0 fully saturated rings. The SMILES string of the molecule is CCOC(=O)Cn1cnc(-c2ccccn2)c1. The summed E-state index contributed by atoms with van der Waals surface area (Å²) in [5, 5.41) is 0. The molecular weight excluding hydrogens is 218 g/mol. The minimum atomic E-state index is -0.266. The first-order valence-electron chi connectivity index (χ1n) is 5.38. The molecule has 2 heterocycles. The van der Waals surface area contributed by atoms with Crippen molar-refractivity contribution in [1.82, 2.24) is 14.5 Å². The molecule has 0 saturated carbocycles. The van der Waals surface area contributed by atoms with E-state index in [0.717, 1.165) is 11.4 Å². The van der Waals surface area contributed by atoms with Crippen LogP contribution in [0.25, 0.3) is 11.4 Å². The van der Waals surface area contributed by atoms with Gasteiger partial charge in [-0.15, -0.1) is 0 Å². The van der Waals surface area contributed by atoms with Gasteiger partial charge < -0.3 is 9.30 Å². The summed E-state index contributed by atoms with van der Waals surface area (Å²) in [4.78, 5) is 19.6. The van der Waals surface area contributed by atoms with E-state index in [1.807, 2.05) is 18.2 Å². The summed E-state index contributed by atoms with van der Waals surface area (Å²) in [5.41, 5.74) is 1.53. The number of nitrogens with zero attached hydrogens (tertiary/aromatic N) is 3. The predicted octanol–water partition coefficient (Wildman–Crippen LogP) is 1.51. The van der Waals surface area contributed by atoms with Gasteiger partial charge in [-0.3, -0.25) is 9.78 Å². The number of rotatable bonds is 4. The molecule has 2 rings (SSSR count). The van der Waals surface area contributed by atoms with Gasteiger partial charge in [-0.2, -0.15) is 0 Å². The standard InChI is InChI=1S/C12H13N3O2/c1-2-17-12(16)8-15-7-11(14-9-15)10-5-3-4-6-13-10/h3-7,9H,2,8H2,1H3. The van der Waals surface area contributed by atoms with Crippen molar-refractivity contribution < 1.29 is 9.53 Å². The highest BCUT2D eigenvalue weighted by Gasteiger charge is 2.06. The molecule has 5 nitrogen and oxygen atoms in total. The monoisotopic (exact) mass is 231 g/mol. The van der Waals surface area contributed by atoms with Gasteiger partial charge in [0.25, 0.3) is 0 Å². The zero-order valence-corrected chi connectivity index (χ0v) is 9.54. The van der Waals surface area contributed by atoms with E-state index in [2.05, 4.69) is 9.97 Å². The lowest BCUT2D eigenvalue weighted by Crippen LogP contribution is -2.11. The summed E-state index contributed by atoms with van der Waals surface area (Å²) >= 11 is 0. The molecule has 0 amide bonds. The van der Waals surface area contributed by atoms with Gasteiger partial charge in [0, 0.05) is 12.4 Å². The molecule has 88 valence electrons. The third kappa shape index (κ3) is 2.90. The molecule has 0 N–H and O–H groups in total. The minimum Gasteiger partial charge on any atom is -0.465 e. The smallest absolute Gasteiger partial charge is 0.325 e. The molecule has 0 bridgehead atoms. The van der Waals surface area contributed by atoms with Crippen LogP contribution >= 0.6 is 0 Å². The molecule has 0 unspecified atom stereocenters. The largest absolute Gasteiger partial charge is 0.465 e. The van der Waals surface area contributed by atoms with Crippen molar-refractivity contribution in [3.05, 3.63) is 36.9 Å². The van der Waals surface area contributed by atoms with Crippen LogP contribution in [0.5, 0.6) is 0 Å². The van der Waals surface area contributed by atoms with Crippen molar-refractivity contribution in [1.29, 1.82) is 0 Å². The van der Waals surface area contributed by atoms with Crippen LogP contribution in [-0.2, 0) is 16.1 Å². The van der Waals surface area contributed by atoms with E-state index in [1.54, 1.807) is 30.2 Å². The molecule has 17 heavy (non-hydrogen) atoms. The average molecular weight is 231 g/mol. The van der Waals surface area contributed by atoms with Crippen LogP contribution in [-0.4, -0.2) is 27.1 Å². The maximum Gasteiger partial charge on any atom is 0.325 e. The molecule has 0 aromatic carbocycles. The van der Waals surface area contributed by atoms with Crippen molar-refractivity contribution >= 4 is 5.97 Å². The molecule has 5 heteroatoms. The van der Waals surface area contributed by atoms with E-state index in [4.69, 9.17) is 4.74 Å². The molecule has 0 aliphatic rings. The highest BCUT2D eigenvalue weighted by molar-refractivity contribution is 5.69. The van der Waals surface area contributed by atoms with Crippen LogP contribution < -0.4 is 0 Å². The Morgan fingerprint density at radius 3 is 2.94 bits per heavy atom. The Morgan fingerprint density at radius 2 is 2.24 bits per heavy atom. The van der Waals surface area contributed by atoms with Gasteiger partial charge in [0.15, 0.2) is 0 Å². The molecule has 0 radical (unpaired) electrons. The summed E-state index contributed by atoms with van der Waals surface area (Å²) in [6.45, 7) is 2.35. The van der Waals surface area contributed by atoms with Crippen LogP contribution in [0.1, 0.15) is 6.92 Å². The predicted molar refractivity (Wildman–Crippen MR) is 62.1 cm³/mol. The van der Waals surface area contributed by atoms with E-state index in [-0.39, 0.29) is 12.5 Å². The first-order chi connectivity index (χ1) is 8.29. The lowest BCUT2D eigenvalue weighted by atomic mass is 10.3. The highest BCUT2D eigenvalue weighted by Crippen LogP contribution is 2.12. The van der Waals surface area contributed by atoms with Gasteiger partial charge in [-0.05, 0) is 19.1 Å². The van der Waals surface area contributed by atoms with E-state index < -0.39 is 0 Å². The maximum atomic E-state index is 11.3. The Balaban J connectivity index is 2.09. The van der Waals surface area contributed by atoms with E-state index in [1.165, 1.54) is 0 Å². The maximum absolute atomic E-state index is 11.3. The summed E-state index contributed by atoms with van der Waals surface area (Å²) in [5.74, 6) is -0.266. The van der Waals surface area contributed by atoms with Gasteiger partial charge in [0.2, 0.25) is 0 Å². The highest BCUT2D eigenvalue weighted by atomic mass is 16.5. The van der Waals surface area contributed by atoms with Crippen molar-refractivity contribution in [2.24, 2.45) is 0 Å². The molecule has 0 aliphatic heterocycles. The number of hydrogen-bond acceptors (Lipinski definition) is 4. The zero-order chi connectivity index (χ0) is 12.1. The topological polar surface area (TPSA) is 57.0 Å². The molecule has 0 atom stereocenters. The minimum absolute atomic E-state index is 0.174. The second-order valence-electron chi connectivity index (χ2n) is 3.45. The Hall–Kier alpha value is -2.17.